The summed E-state index contributed by atoms with van der Waals surface area (Å²) in [7, 11) is -3.80. The minimum Gasteiger partial charge on any atom is -0.449 e. The van der Waals surface area contributed by atoms with E-state index in [1.807, 2.05) is 0 Å². The van der Waals surface area contributed by atoms with Gasteiger partial charge in [-0.05, 0) is 43.9 Å². The highest BCUT2D eigenvalue weighted by Crippen LogP contribution is 2.26. The maximum atomic E-state index is 12.9. The van der Waals surface area contributed by atoms with E-state index in [0.717, 1.165) is 25.7 Å². The molecule has 1 saturated carbocycles. The molecule has 1 N–H and O–H groups in total. The summed E-state index contributed by atoms with van der Waals surface area (Å²) in [6, 6.07) is 3.96. The van der Waals surface area contributed by atoms with Gasteiger partial charge in [0.15, 0.2) is 6.10 Å². The van der Waals surface area contributed by atoms with Crippen LogP contribution < -0.4 is 5.32 Å². The Labute approximate surface area is 188 Å². The van der Waals surface area contributed by atoms with Crippen molar-refractivity contribution in [3.63, 3.8) is 0 Å². The highest BCUT2D eigenvalue weighted by molar-refractivity contribution is 7.89. The lowest BCUT2D eigenvalue weighted by Gasteiger charge is -2.30. The average molecular weight is 473 g/mol. The van der Waals surface area contributed by atoms with Gasteiger partial charge in [0.2, 0.25) is 10.0 Å². The summed E-state index contributed by atoms with van der Waals surface area (Å²) in [6.07, 6.45) is 3.14. The van der Waals surface area contributed by atoms with Gasteiger partial charge in [-0.3, -0.25) is 4.79 Å². The van der Waals surface area contributed by atoms with Crippen molar-refractivity contribution in [2.45, 2.75) is 56.6 Å². The Bertz CT molecular complexity index is 916. The Morgan fingerprint density at radius 1 is 1.23 bits per heavy atom. The van der Waals surface area contributed by atoms with E-state index >= 15 is 0 Å². The molecule has 31 heavy (non-hydrogen) atoms. The van der Waals surface area contributed by atoms with Crippen LogP contribution in [0.5, 0.6) is 0 Å². The average Bonchev–Trinajstić information content (AvgIpc) is 2.76. The summed E-state index contributed by atoms with van der Waals surface area (Å²) in [6.45, 7) is 4.69. The number of benzene rings is 1. The molecule has 2 fully saturated rings. The van der Waals surface area contributed by atoms with Crippen LogP contribution in [-0.2, 0) is 24.3 Å². The number of carbonyl (C=O) groups excluding carboxylic acids is 2. The van der Waals surface area contributed by atoms with Gasteiger partial charge in [0, 0.05) is 19.1 Å². The van der Waals surface area contributed by atoms with Gasteiger partial charge in [-0.2, -0.15) is 4.31 Å². The fourth-order valence-electron chi connectivity index (χ4n) is 3.87. The molecule has 0 spiro atoms. The molecule has 172 valence electrons. The monoisotopic (exact) mass is 472 g/mol. The van der Waals surface area contributed by atoms with E-state index in [9.17, 15) is 18.0 Å². The molecule has 3 atom stereocenters. The molecule has 0 bridgehead atoms. The molecule has 1 aliphatic heterocycles. The van der Waals surface area contributed by atoms with Crippen LogP contribution in [-0.4, -0.2) is 63.0 Å². The van der Waals surface area contributed by atoms with Crippen molar-refractivity contribution in [3.8, 4) is 0 Å². The van der Waals surface area contributed by atoms with Crippen LogP contribution >= 0.6 is 11.6 Å². The summed E-state index contributed by atoms with van der Waals surface area (Å²) in [5.74, 6) is -0.846. The molecule has 1 aliphatic carbocycles. The van der Waals surface area contributed by atoms with Gasteiger partial charge in [0.25, 0.3) is 5.91 Å². The third-order valence-electron chi connectivity index (χ3n) is 5.86. The van der Waals surface area contributed by atoms with Crippen LogP contribution in [0.25, 0.3) is 0 Å². The quantitative estimate of drug-likeness (QED) is 0.638. The fraction of sp³-hybridized carbons (Fsp3) is 0.619. The Balaban J connectivity index is 1.69. The van der Waals surface area contributed by atoms with Crippen LogP contribution in [0.3, 0.4) is 0 Å². The van der Waals surface area contributed by atoms with Gasteiger partial charge in [0.1, 0.15) is 0 Å². The third kappa shape index (κ3) is 5.77. The maximum Gasteiger partial charge on any atom is 0.340 e. The molecule has 1 heterocycles. The first-order valence-corrected chi connectivity index (χ1v) is 12.4. The van der Waals surface area contributed by atoms with E-state index in [0.29, 0.717) is 19.1 Å². The largest absolute Gasteiger partial charge is 0.449 e. The van der Waals surface area contributed by atoms with Crippen molar-refractivity contribution in [2.24, 2.45) is 5.92 Å². The van der Waals surface area contributed by atoms with Crippen LogP contribution in [0.2, 0.25) is 5.02 Å². The lowest BCUT2D eigenvalue weighted by Crippen LogP contribution is -2.46. The molecule has 1 aromatic rings. The lowest BCUT2D eigenvalue weighted by atomic mass is 9.86. The normalized spacial score (nSPS) is 23.7. The molecule has 1 aromatic carbocycles. The topological polar surface area (TPSA) is 102 Å². The first kappa shape index (κ1) is 24.0. The molecule has 0 unspecified atom stereocenters. The van der Waals surface area contributed by atoms with E-state index in [-0.39, 0.29) is 40.5 Å². The first-order valence-electron chi connectivity index (χ1n) is 10.6. The van der Waals surface area contributed by atoms with Crippen LogP contribution in [0, 0.1) is 5.92 Å². The van der Waals surface area contributed by atoms with E-state index in [4.69, 9.17) is 21.1 Å². The van der Waals surface area contributed by atoms with Gasteiger partial charge in [-0.25, -0.2) is 13.2 Å². The van der Waals surface area contributed by atoms with Gasteiger partial charge < -0.3 is 14.8 Å². The minimum absolute atomic E-state index is 0.0550. The van der Waals surface area contributed by atoms with Gasteiger partial charge in [-0.1, -0.05) is 31.4 Å². The Hall–Kier alpha value is -1.68. The zero-order chi connectivity index (χ0) is 22.6. The number of ether oxygens (including phenoxy) is 2. The van der Waals surface area contributed by atoms with Crippen molar-refractivity contribution in [1.29, 1.82) is 0 Å². The zero-order valence-electron chi connectivity index (χ0n) is 17.8. The second kappa shape index (κ2) is 10.3. The third-order valence-corrected chi connectivity index (χ3v) is 8.08. The predicted molar refractivity (Wildman–Crippen MR) is 115 cm³/mol. The zero-order valence-corrected chi connectivity index (χ0v) is 19.4. The number of hydrogen-bond donors (Lipinski definition) is 1. The number of amides is 1. The summed E-state index contributed by atoms with van der Waals surface area (Å²) >= 11 is 6.13. The fourth-order valence-corrected chi connectivity index (χ4v) is 5.50. The second-order valence-corrected chi connectivity index (χ2v) is 10.4. The minimum atomic E-state index is -3.80. The Morgan fingerprint density at radius 2 is 1.90 bits per heavy atom. The van der Waals surface area contributed by atoms with E-state index in [1.54, 1.807) is 0 Å². The molecular formula is C21H29ClN2O6S. The molecule has 2 aliphatic rings. The number of nitrogens with zero attached hydrogens (tertiary/aromatic N) is 1. The van der Waals surface area contributed by atoms with Crippen LogP contribution in [0.4, 0.5) is 0 Å². The molecule has 0 aromatic heterocycles. The molecule has 8 nitrogen and oxygen atoms in total. The number of nitrogens with one attached hydrogen (secondary N) is 1. The number of morpholine rings is 1. The van der Waals surface area contributed by atoms with Crippen LogP contribution in [0.1, 0.15) is 49.9 Å². The standard InChI is InChI=1S/C21H29ClN2O6S/c1-14-5-3-4-6-19(14)23-20(25)15(2)30-21(26)17-13-16(7-8-18(17)22)31(27,28)24-9-11-29-12-10-24/h7-8,13-15,19H,3-6,9-12H2,1-2H3,(H,23,25)/t14-,15-,19-/m0/s1. The van der Waals surface area contributed by atoms with Crippen molar-refractivity contribution in [3.05, 3.63) is 28.8 Å². The summed E-state index contributed by atoms with van der Waals surface area (Å²) < 4.78 is 37.5. The number of hydrogen-bond acceptors (Lipinski definition) is 6. The van der Waals surface area contributed by atoms with Gasteiger partial charge >= 0.3 is 5.97 Å². The Kier molecular flexibility index (Phi) is 7.96. The lowest BCUT2D eigenvalue weighted by molar-refractivity contribution is -0.130. The number of sulfonamides is 1. The molecule has 10 heteroatoms. The second-order valence-electron chi connectivity index (χ2n) is 8.08. The maximum absolute atomic E-state index is 12.9. The molecule has 1 amide bonds. The molecule has 0 radical (unpaired) electrons. The summed E-state index contributed by atoms with van der Waals surface area (Å²) in [5, 5.41) is 3.01. The predicted octanol–water partition coefficient (Wildman–Crippen LogP) is 2.60. The smallest absolute Gasteiger partial charge is 0.340 e. The molecular weight excluding hydrogens is 444 g/mol. The summed E-state index contributed by atoms with van der Waals surface area (Å²) in [4.78, 5) is 25.1. The molecule has 1 saturated heterocycles. The number of carbonyl (C=O) groups is 2. The van der Waals surface area contributed by atoms with E-state index < -0.39 is 22.1 Å². The van der Waals surface area contributed by atoms with E-state index in [2.05, 4.69) is 12.2 Å². The highest BCUT2D eigenvalue weighted by atomic mass is 35.5. The van der Waals surface area contributed by atoms with Crippen molar-refractivity contribution < 1.29 is 27.5 Å². The van der Waals surface area contributed by atoms with Gasteiger partial charge in [-0.15, -0.1) is 0 Å². The van der Waals surface area contributed by atoms with Crippen molar-refractivity contribution in [2.75, 3.05) is 26.3 Å². The molecule has 3 rings (SSSR count). The van der Waals surface area contributed by atoms with Crippen molar-refractivity contribution >= 4 is 33.5 Å². The number of esters is 1. The van der Waals surface area contributed by atoms with E-state index in [1.165, 1.54) is 29.4 Å². The Morgan fingerprint density at radius 3 is 2.58 bits per heavy atom. The number of halogens is 1. The van der Waals surface area contributed by atoms with Crippen molar-refractivity contribution in [1.82, 2.24) is 9.62 Å². The number of rotatable bonds is 6. The highest BCUT2D eigenvalue weighted by Gasteiger charge is 2.30. The van der Waals surface area contributed by atoms with Gasteiger partial charge in [0.05, 0.1) is 28.7 Å². The summed E-state index contributed by atoms with van der Waals surface area (Å²) in [5.41, 5.74) is -0.0957. The van der Waals surface area contributed by atoms with Crippen LogP contribution in [0.15, 0.2) is 23.1 Å². The first-order chi connectivity index (χ1) is 14.7. The SMILES string of the molecule is C[C@H](OC(=O)c1cc(S(=O)(=O)N2CCOCC2)ccc1Cl)C(=O)N[C@H]1CCCC[C@@H]1C.